The molecule has 2 N–H and O–H groups in total. The van der Waals surface area contributed by atoms with Gasteiger partial charge in [-0.2, -0.15) is 0 Å². The number of aliphatic carboxylic acids is 1. The molecule has 0 radical (unpaired) electrons. The molecule has 148 valence electrons. The molecule has 27 heavy (non-hydrogen) atoms. The minimum Gasteiger partial charge on any atom is -0.479 e. The molecule has 0 spiro atoms. The number of amides is 1. The van der Waals surface area contributed by atoms with Gasteiger partial charge in [0.2, 0.25) is 0 Å². The summed E-state index contributed by atoms with van der Waals surface area (Å²) in [4.78, 5) is 39.8. The van der Waals surface area contributed by atoms with E-state index in [1.165, 1.54) is 24.3 Å². The Morgan fingerprint density at radius 2 is 1.81 bits per heavy atom. The Balaban J connectivity index is 2.84. The number of carbonyl (C=O) groups excluding carboxylic acids is 2. The van der Waals surface area contributed by atoms with Crippen molar-refractivity contribution in [2.24, 2.45) is 0 Å². The molecule has 0 saturated carbocycles. The summed E-state index contributed by atoms with van der Waals surface area (Å²) in [6.07, 6.45) is -0.302. The summed E-state index contributed by atoms with van der Waals surface area (Å²) < 4.78 is 18.1. The first-order valence-corrected chi connectivity index (χ1v) is 7.97. The van der Waals surface area contributed by atoms with Crippen molar-refractivity contribution in [3.05, 3.63) is 47.8 Å². The van der Waals surface area contributed by atoms with Crippen LogP contribution in [0.2, 0.25) is 0 Å². The van der Waals surface area contributed by atoms with Crippen molar-refractivity contribution >= 4 is 17.8 Å². The lowest BCUT2D eigenvalue weighted by Gasteiger charge is -2.23. The topological polar surface area (TPSA) is 113 Å². The fraction of sp³-hybridized carbons (Fsp3) is 0.389. The first kappa shape index (κ1) is 22.3. The highest BCUT2D eigenvalue weighted by molar-refractivity contribution is 5.88. The third kappa shape index (κ3) is 8.93. The van der Waals surface area contributed by atoms with Crippen LogP contribution in [0.1, 0.15) is 26.3 Å². The second kappa shape index (κ2) is 9.79. The van der Waals surface area contributed by atoms with Gasteiger partial charge in [0, 0.05) is 6.08 Å². The molecule has 0 heterocycles. The van der Waals surface area contributed by atoms with Crippen molar-refractivity contribution in [3.8, 4) is 0 Å². The first-order valence-electron chi connectivity index (χ1n) is 7.97. The molecule has 0 saturated heterocycles. The number of carboxylic acid groups (broad SMARTS) is 1. The molecule has 0 fully saturated rings. The van der Waals surface area contributed by atoms with Crippen molar-refractivity contribution in [3.63, 3.8) is 0 Å². The molecule has 9 heteroatoms. The maximum absolute atomic E-state index is 13.0. The van der Waals surface area contributed by atoms with E-state index in [0.29, 0.717) is 5.56 Å². The van der Waals surface area contributed by atoms with E-state index in [-0.39, 0.29) is 6.54 Å². The van der Waals surface area contributed by atoms with Crippen LogP contribution in [0, 0.1) is 5.82 Å². The monoisotopic (exact) mass is 383 g/mol. The normalized spacial score (nSPS) is 12.6. The molecule has 1 aromatic rings. The Labute approximate surface area is 155 Å². The summed E-state index contributed by atoms with van der Waals surface area (Å²) in [6.45, 7) is 4.29. The van der Waals surface area contributed by atoms with Crippen LogP contribution in [0.3, 0.4) is 0 Å². The standard InChI is InChI=1S/C18H22FNO7/c1-18(2,3)27-16(23)11-26-20(10-12-4-6-13(19)7-5-12)15(22)9-8-14(21)17(24)25/h4-9,14,21H,10-11H2,1-3H3,(H,24,25). The summed E-state index contributed by atoms with van der Waals surface area (Å²) in [5.74, 6) is -3.52. The number of aliphatic hydroxyl groups is 1. The van der Waals surface area contributed by atoms with Crippen molar-refractivity contribution in [2.45, 2.75) is 39.0 Å². The molecule has 0 aliphatic carbocycles. The molecule has 1 unspecified atom stereocenters. The zero-order valence-electron chi connectivity index (χ0n) is 15.2. The Kier molecular flexibility index (Phi) is 8.07. The lowest BCUT2D eigenvalue weighted by Crippen LogP contribution is -2.34. The second-order valence-corrected chi connectivity index (χ2v) is 6.50. The Morgan fingerprint density at radius 3 is 2.33 bits per heavy atom. The molecule has 0 aliphatic heterocycles. The van der Waals surface area contributed by atoms with E-state index in [1.807, 2.05) is 0 Å². The van der Waals surface area contributed by atoms with Gasteiger partial charge >= 0.3 is 11.9 Å². The quantitative estimate of drug-likeness (QED) is 0.397. The van der Waals surface area contributed by atoms with Crippen molar-refractivity contribution in [1.82, 2.24) is 5.06 Å². The zero-order chi connectivity index (χ0) is 20.6. The fourth-order valence-electron chi connectivity index (χ4n) is 1.78. The van der Waals surface area contributed by atoms with E-state index in [4.69, 9.17) is 14.7 Å². The average molecular weight is 383 g/mol. The van der Waals surface area contributed by atoms with E-state index >= 15 is 0 Å². The number of hydrogen-bond donors (Lipinski definition) is 2. The van der Waals surface area contributed by atoms with E-state index < -0.39 is 42.0 Å². The lowest BCUT2D eigenvalue weighted by molar-refractivity contribution is -0.198. The fourth-order valence-corrected chi connectivity index (χ4v) is 1.78. The smallest absolute Gasteiger partial charge is 0.336 e. The van der Waals surface area contributed by atoms with Gasteiger partial charge in [0.25, 0.3) is 5.91 Å². The van der Waals surface area contributed by atoms with Crippen LogP contribution < -0.4 is 0 Å². The van der Waals surface area contributed by atoms with Crippen LogP contribution in [-0.2, 0) is 30.5 Å². The van der Waals surface area contributed by atoms with Crippen LogP contribution in [0.15, 0.2) is 36.4 Å². The van der Waals surface area contributed by atoms with E-state index in [1.54, 1.807) is 20.8 Å². The molecule has 1 aromatic carbocycles. The van der Waals surface area contributed by atoms with Gasteiger partial charge in [0.05, 0.1) is 6.54 Å². The highest BCUT2D eigenvalue weighted by Crippen LogP contribution is 2.10. The van der Waals surface area contributed by atoms with Gasteiger partial charge in [-0.1, -0.05) is 12.1 Å². The molecule has 0 aromatic heterocycles. The summed E-state index contributed by atoms with van der Waals surface area (Å²) >= 11 is 0. The summed E-state index contributed by atoms with van der Waals surface area (Å²) in [6, 6.07) is 5.22. The summed E-state index contributed by atoms with van der Waals surface area (Å²) in [5, 5.41) is 18.6. The highest BCUT2D eigenvalue weighted by atomic mass is 19.1. The molecular formula is C18H22FNO7. The van der Waals surface area contributed by atoms with Crippen LogP contribution >= 0.6 is 0 Å². The zero-order valence-corrected chi connectivity index (χ0v) is 15.2. The number of aliphatic hydroxyl groups excluding tert-OH is 1. The minimum atomic E-state index is -1.87. The SMILES string of the molecule is CC(C)(C)OC(=O)CON(Cc1ccc(F)cc1)C(=O)C=CC(O)C(=O)O. The number of halogens is 1. The number of rotatable bonds is 8. The Morgan fingerprint density at radius 1 is 1.22 bits per heavy atom. The van der Waals surface area contributed by atoms with Gasteiger partial charge in [0.1, 0.15) is 11.4 Å². The highest BCUT2D eigenvalue weighted by Gasteiger charge is 2.20. The maximum atomic E-state index is 13.0. The van der Waals surface area contributed by atoms with Crippen LogP contribution in [0.4, 0.5) is 4.39 Å². The number of carboxylic acids is 1. The second-order valence-electron chi connectivity index (χ2n) is 6.50. The molecule has 1 atom stereocenters. The number of nitrogens with zero attached hydrogens (tertiary/aromatic N) is 1. The van der Waals surface area contributed by atoms with Crippen LogP contribution in [0.5, 0.6) is 0 Å². The van der Waals surface area contributed by atoms with Gasteiger partial charge in [-0.15, -0.1) is 0 Å². The molecule has 0 aliphatic rings. The Bertz CT molecular complexity index is 695. The van der Waals surface area contributed by atoms with Gasteiger partial charge in [-0.05, 0) is 44.5 Å². The number of hydroxylamine groups is 2. The molecule has 1 rings (SSSR count). The number of ether oxygens (including phenoxy) is 1. The van der Waals surface area contributed by atoms with Crippen LogP contribution in [-0.4, -0.2) is 51.4 Å². The number of carbonyl (C=O) groups is 3. The third-order valence-electron chi connectivity index (χ3n) is 2.92. The van der Waals surface area contributed by atoms with Crippen molar-refractivity contribution in [1.29, 1.82) is 0 Å². The molecule has 8 nitrogen and oxygen atoms in total. The third-order valence-corrected chi connectivity index (χ3v) is 2.92. The predicted octanol–water partition coefficient (Wildman–Crippen LogP) is 1.43. The minimum absolute atomic E-state index is 0.143. The van der Waals surface area contributed by atoms with E-state index in [9.17, 15) is 23.9 Å². The van der Waals surface area contributed by atoms with E-state index in [0.717, 1.165) is 17.2 Å². The Hall–Kier alpha value is -2.78. The lowest BCUT2D eigenvalue weighted by atomic mass is 10.2. The van der Waals surface area contributed by atoms with Gasteiger partial charge in [0.15, 0.2) is 12.7 Å². The predicted molar refractivity (Wildman–Crippen MR) is 91.5 cm³/mol. The summed E-state index contributed by atoms with van der Waals surface area (Å²) in [7, 11) is 0. The molecule has 0 bridgehead atoms. The van der Waals surface area contributed by atoms with Crippen molar-refractivity contribution in [2.75, 3.05) is 6.61 Å². The average Bonchev–Trinajstić information content (AvgIpc) is 2.56. The molecular weight excluding hydrogens is 361 g/mol. The van der Waals surface area contributed by atoms with Gasteiger partial charge < -0.3 is 14.9 Å². The summed E-state index contributed by atoms with van der Waals surface area (Å²) in [5.41, 5.74) is -0.237. The molecule has 1 amide bonds. The number of benzene rings is 1. The number of hydrogen-bond acceptors (Lipinski definition) is 6. The first-order chi connectivity index (χ1) is 12.5. The maximum Gasteiger partial charge on any atom is 0.336 e. The van der Waals surface area contributed by atoms with Gasteiger partial charge in [-0.3, -0.25) is 9.63 Å². The van der Waals surface area contributed by atoms with Crippen molar-refractivity contribution < 1.29 is 38.6 Å². The van der Waals surface area contributed by atoms with E-state index in [2.05, 4.69) is 0 Å². The largest absolute Gasteiger partial charge is 0.479 e. The number of esters is 1. The van der Waals surface area contributed by atoms with Crippen LogP contribution in [0.25, 0.3) is 0 Å². The van der Waals surface area contributed by atoms with Gasteiger partial charge in [-0.25, -0.2) is 19.0 Å².